The molecule has 0 saturated heterocycles. The molecule has 3 aromatic rings. The van der Waals surface area contributed by atoms with Crippen LogP contribution in [-0.4, -0.2) is 47.2 Å². The third kappa shape index (κ3) is 4.08. The second-order valence-electron chi connectivity index (χ2n) is 5.98. The van der Waals surface area contributed by atoms with Crippen LogP contribution >= 0.6 is 0 Å². The van der Waals surface area contributed by atoms with Crippen molar-refractivity contribution in [3.05, 3.63) is 60.2 Å². The van der Waals surface area contributed by atoms with Gasteiger partial charge in [-0.3, -0.25) is 0 Å². The van der Waals surface area contributed by atoms with Crippen LogP contribution in [0, 0.1) is 11.8 Å². The second-order valence-corrected chi connectivity index (χ2v) is 7.74. The first-order valence-electron chi connectivity index (χ1n) is 8.48. The molecule has 0 aliphatic heterocycles. The van der Waals surface area contributed by atoms with E-state index in [1.54, 1.807) is 0 Å². The normalized spacial score (nSPS) is 11.3. The van der Waals surface area contributed by atoms with E-state index in [2.05, 4.69) is 15.3 Å². The molecule has 0 saturated carbocycles. The average molecular weight is 438 g/mol. The van der Waals surface area contributed by atoms with E-state index in [4.69, 9.17) is 9.84 Å². The summed E-state index contributed by atoms with van der Waals surface area (Å²) in [6, 6.07) is 5.05. The highest BCUT2D eigenvalue weighted by Gasteiger charge is 2.29. The number of methoxy groups -OCH3 is 1. The zero-order valence-corrected chi connectivity index (χ0v) is 16.4. The highest BCUT2D eigenvalue weighted by Crippen LogP contribution is 2.31. The number of hydrogen-bond acceptors (Lipinski definition) is 6. The van der Waals surface area contributed by atoms with Crippen molar-refractivity contribution in [1.82, 2.24) is 19.3 Å². The van der Waals surface area contributed by atoms with Crippen molar-refractivity contribution in [2.75, 3.05) is 13.7 Å². The lowest BCUT2D eigenvalue weighted by Gasteiger charge is -2.10. The van der Waals surface area contributed by atoms with Crippen molar-refractivity contribution in [2.45, 2.75) is 11.4 Å². The first kappa shape index (κ1) is 21.2. The fraction of sp³-hybridized carbons (Fsp3) is 0.167. The quantitative estimate of drug-likeness (QED) is 0.543. The lowest BCUT2D eigenvalue weighted by atomic mass is 10.1. The Kier molecular flexibility index (Phi) is 5.96. The van der Waals surface area contributed by atoms with E-state index in [-0.39, 0.29) is 24.1 Å². The van der Waals surface area contributed by atoms with Gasteiger partial charge in [0, 0.05) is 24.5 Å². The van der Waals surface area contributed by atoms with Crippen molar-refractivity contribution < 1.29 is 31.8 Å². The summed E-state index contributed by atoms with van der Waals surface area (Å²) in [7, 11) is -3.04. The van der Waals surface area contributed by atoms with Crippen molar-refractivity contribution in [3.63, 3.8) is 0 Å². The van der Waals surface area contributed by atoms with Crippen LogP contribution in [0.2, 0.25) is 0 Å². The molecule has 30 heavy (non-hydrogen) atoms. The van der Waals surface area contributed by atoms with Crippen molar-refractivity contribution >= 4 is 16.1 Å². The standard InChI is InChI=1S/C18H16F2N4O5S/c1-29-12-4-5-14(23-9-12)30(27,28)24-10-11(6-8-22-18(25)26)15(19)16(24)13-3-2-7-21-17(13)20/h2-5,7,9-10,22H,6,8H2,1H3,(H,25,26). The van der Waals surface area contributed by atoms with Gasteiger partial charge < -0.3 is 15.2 Å². The Labute approximate surface area is 170 Å². The Bertz CT molecular complexity index is 1180. The summed E-state index contributed by atoms with van der Waals surface area (Å²) < 4.78 is 61.2. The zero-order chi connectivity index (χ0) is 21.9. The predicted molar refractivity (Wildman–Crippen MR) is 101 cm³/mol. The molecular formula is C18H16F2N4O5S. The summed E-state index contributed by atoms with van der Waals surface area (Å²) in [5.74, 6) is -1.76. The van der Waals surface area contributed by atoms with E-state index in [1.165, 1.54) is 37.6 Å². The summed E-state index contributed by atoms with van der Waals surface area (Å²) in [6.07, 6.45) is 1.81. The van der Waals surface area contributed by atoms with E-state index in [0.29, 0.717) is 9.72 Å². The number of rotatable bonds is 7. The molecule has 0 bridgehead atoms. The van der Waals surface area contributed by atoms with Gasteiger partial charge in [-0.25, -0.2) is 23.1 Å². The molecule has 3 aromatic heterocycles. The number of ether oxygens (including phenoxy) is 1. The Balaban J connectivity index is 2.16. The lowest BCUT2D eigenvalue weighted by Crippen LogP contribution is -2.23. The minimum Gasteiger partial charge on any atom is -0.495 e. The molecule has 1 amide bonds. The van der Waals surface area contributed by atoms with Crippen molar-refractivity contribution in [3.8, 4) is 17.0 Å². The Morgan fingerprint density at radius 2 is 2.03 bits per heavy atom. The molecule has 0 radical (unpaired) electrons. The number of halogens is 2. The molecular weight excluding hydrogens is 422 g/mol. The highest BCUT2D eigenvalue weighted by molar-refractivity contribution is 7.90. The molecule has 0 unspecified atom stereocenters. The lowest BCUT2D eigenvalue weighted by molar-refractivity contribution is 0.194. The summed E-state index contributed by atoms with van der Waals surface area (Å²) >= 11 is 0. The number of hydrogen-bond donors (Lipinski definition) is 2. The first-order chi connectivity index (χ1) is 14.3. The van der Waals surface area contributed by atoms with Crippen molar-refractivity contribution in [1.29, 1.82) is 0 Å². The molecule has 158 valence electrons. The molecule has 2 N–H and O–H groups in total. The summed E-state index contributed by atoms with van der Waals surface area (Å²) in [6.45, 7) is -0.175. The maximum Gasteiger partial charge on any atom is 0.404 e. The molecule has 0 aliphatic carbocycles. The molecule has 3 heterocycles. The predicted octanol–water partition coefficient (Wildman–Crippen LogP) is 2.28. The Hall–Kier alpha value is -3.54. The largest absolute Gasteiger partial charge is 0.495 e. The van der Waals surface area contributed by atoms with Gasteiger partial charge in [-0.2, -0.15) is 12.8 Å². The molecule has 12 heteroatoms. The van der Waals surface area contributed by atoms with Crippen LogP contribution in [0.1, 0.15) is 5.56 Å². The molecule has 0 atom stereocenters. The number of pyridine rings is 2. The smallest absolute Gasteiger partial charge is 0.404 e. The Morgan fingerprint density at radius 1 is 1.27 bits per heavy atom. The van der Waals surface area contributed by atoms with Gasteiger partial charge >= 0.3 is 6.09 Å². The van der Waals surface area contributed by atoms with Gasteiger partial charge in [0.25, 0.3) is 10.0 Å². The van der Waals surface area contributed by atoms with E-state index in [9.17, 15) is 17.6 Å². The molecule has 0 aliphatic rings. The van der Waals surface area contributed by atoms with Crippen LogP contribution in [0.4, 0.5) is 13.6 Å². The number of amides is 1. The van der Waals surface area contributed by atoms with E-state index >= 15 is 4.39 Å². The number of aromatic nitrogens is 3. The zero-order valence-electron chi connectivity index (χ0n) is 15.5. The average Bonchev–Trinajstić information content (AvgIpc) is 3.05. The molecule has 0 spiro atoms. The maximum absolute atomic E-state index is 15.2. The molecule has 0 fully saturated rings. The molecule has 0 aromatic carbocycles. The summed E-state index contributed by atoms with van der Waals surface area (Å²) in [4.78, 5) is 17.9. The summed E-state index contributed by atoms with van der Waals surface area (Å²) in [5, 5.41) is 10.3. The van der Waals surface area contributed by atoms with Crippen LogP contribution in [-0.2, 0) is 16.4 Å². The van der Waals surface area contributed by atoms with Gasteiger partial charge in [0.15, 0.2) is 10.8 Å². The monoisotopic (exact) mass is 438 g/mol. The fourth-order valence-electron chi connectivity index (χ4n) is 2.72. The fourth-order valence-corrected chi connectivity index (χ4v) is 4.03. The number of nitrogens with one attached hydrogen (secondary N) is 1. The van der Waals surface area contributed by atoms with Gasteiger partial charge in [-0.05, 0) is 30.7 Å². The number of carboxylic acid groups (broad SMARTS) is 1. The van der Waals surface area contributed by atoms with Crippen LogP contribution in [0.5, 0.6) is 5.75 Å². The number of carbonyl (C=O) groups is 1. The van der Waals surface area contributed by atoms with E-state index in [0.717, 1.165) is 12.4 Å². The molecule has 3 rings (SSSR count). The maximum atomic E-state index is 15.2. The van der Waals surface area contributed by atoms with E-state index < -0.39 is 38.6 Å². The van der Waals surface area contributed by atoms with Crippen LogP contribution < -0.4 is 10.1 Å². The van der Waals surface area contributed by atoms with Crippen LogP contribution in [0.25, 0.3) is 11.3 Å². The van der Waals surface area contributed by atoms with Gasteiger partial charge in [0.1, 0.15) is 11.4 Å². The Morgan fingerprint density at radius 3 is 2.63 bits per heavy atom. The first-order valence-corrected chi connectivity index (χ1v) is 9.92. The van der Waals surface area contributed by atoms with Crippen LogP contribution in [0.15, 0.2) is 47.9 Å². The minimum atomic E-state index is -4.42. The van der Waals surface area contributed by atoms with Gasteiger partial charge in [-0.1, -0.05) is 0 Å². The van der Waals surface area contributed by atoms with Gasteiger partial charge in [0.2, 0.25) is 5.95 Å². The molecule has 9 nitrogen and oxygen atoms in total. The minimum absolute atomic E-state index is 0.126. The summed E-state index contributed by atoms with van der Waals surface area (Å²) in [5.41, 5.74) is -1.06. The second kappa shape index (κ2) is 8.45. The third-order valence-electron chi connectivity index (χ3n) is 4.14. The number of nitrogens with zero attached hydrogens (tertiary/aromatic N) is 3. The topological polar surface area (TPSA) is 123 Å². The third-order valence-corrected chi connectivity index (χ3v) is 5.71. The van der Waals surface area contributed by atoms with Gasteiger partial charge in [0.05, 0.1) is 18.9 Å². The van der Waals surface area contributed by atoms with Crippen LogP contribution in [0.3, 0.4) is 0 Å². The SMILES string of the molecule is COc1ccc(S(=O)(=O)n2cc(CCNC(=O)O)c(F)c2-c2cccnc2F)nc1. The van der Waals surface area contributed by atoms with Crippen molar-refractivity contribution in [2.24, 2.45) is 0 Å². The highest BCUT2D eigenvalue weighted by atomic mass is 32.2. The van der Waals surface area contributed by atoms with E-state index in [1.807, 2.05) is 0 Å². The van der Waals surface area contributed by atoms with Gasteiger partial charge in [-0.15, -0.1) is 0 Å².